The minimum Gasteiger partial charge on any atom is -0.394 e. The Bertz CT molecular complexity index is 499. The van der Waals surface area contributed by atoms with Gasteiger partial charge in [0.15, 0.2) is 9.84 Å². The number of aliphatic hydroxyl groups is 2. The Morgan fingerprint density at radius 1 is 1.26 bits per heavy atom. The van der Waals surface area contributed by atoms with E-state index in [1.54, 1.807) is 24.3 Å². The van der Waals surface area contributed by atoms with Gasteiger partial charge in [0.05, 0.1) is 30.3 Å². The van der Waals surface area contributed by atoms with Crippen molar-refractivity contribution in [2.45, 2.75) is 30.5 Å². The van der Waals surface area contributed by atoms with Crippen LogP contribution in [0.5, 0.6) is 0 Å². The second-order valence-electron chi connectivity index (χ2n) is 4.82. The molecular weight excluding hydrogens is 268 g/mol. The van der Waals surface area contributed by atoms with E-state index in [1.807, 2.05) is 6.07 Å². The van der Waals surface area contributed by atoms with E-state index < -0.39 is 28.1 Å². The van der Waals surface area contributed by atoms with Crippen molar-refractivity contribution in [1.29, 1.82) is 0 Å². The fourth-order valence-corrected chi connectivity index (χ4v) is 3.86. The van der Waals surface area contributed by atoms with Crippen LogP contribution in [0.1, 0.15) is 12.0 Å². The van der Waals surface area contributed by atoms with Crippen molar-refractivity contribution < 1.29 is 23.4 Å². The third-order valence-corrected chi connectivity index (χ3v) is 4.80. The summed E-state index contributed by atoms with van der Waals surface area (Å²) in [5, 5.41) is 18.5. The second kappa shape index (κ2) is 6.00. The van der Waals surface area contributed by atoms with Gasteiger partial charge in [-0.3, -0.25) is 0 Å². The maximum absolute atomic E-state index is 12.0. The van der Waals surface area contributed by atoms with E-state index in [2.05, 4.69) is 0 Å². The van der Waals surface area contributed by atoms with Gasteiger partial charge in [0.25, 0.3) is 0 Å². The van der Waals surface area contributed by atoms with Crippen LogP contribution in [-0.4, -0.2) is 49.3 Å². The van der Waals surface area contributed by atoms with Gasteiger partial charge >= 0.3 is 0 Å². The molecule has 1 fully saturated rings. The lowest BCUT2D eigenvalue weighted by molar-refractivity contribution is -0.0163. The molecule has 1 saturated heterocycles. The normalized spacial score (nSPS) is 27.6. The quantitative estimate of drug-likeness (QED) is 0.803. The minimum absolute atomic E-state index is 0.0341. The van der Waals surface area contributed by atoms with Crippen molar-refractivity contribution in [3.63, 3.8) is 0 Å². The van der Waals surface area contributed by atoms with Crippen molar-refractivity contribution in [2.24, 2.45) is 0 Å². The van der Waals surface area contributed by atoms with E-state index in [1.165, 1.54) is 0 Å². The van der Waals surface area contributed by atoms with Gasteiger partial charge in [0.1, 0.15) is 6.10 Å². The van der Waals surface area contributed by atoms with Crippen molar-refractivity contribution in [3.05, 3.63) is 35.9 Å². The number of hydrogen-bond acceptors (Lipinski definition) is 5. The molecule has 6 heteroatoms. The molecular formula is C13H18O5S. The van der Waals surface area contributed by atoms with Crippen LogP contribution in [-0.2, 0) is 20.3 Å². The van der Waals surface area contributed by atoms with E-state index in [0.29, 0.717) is 0 Å². The molecule has 19 heavy (non-hydrogen) atoms. The Morgan fingerprint density at radius 2 is 1.95 bits per heavy atom. The van der Waals surface area contributed by atoms with Gasteiger partial charge < -0.3 is 14.9 Å². The molecule has 0 aliphatic carbocycles. The minimum atomic E-state index is -3.29. The van der Waals surface area contributed by atoms with E-state index in [0.717, 1.165) is 5.56 Å². The predicted molar refractivity (Wildman–Crippen MR) is 70.3 cm³/mol. The lowest BCUT2D eigenvalue weighted by Gasteiger charge is -2.12. The molecule has 0 spiro atoms. The number of rotatable bonds is 5. The first-order valence-corrected chi connectivity index (χ1v) is 8.01. The van der Waals surface area contributed by atoms with Crippen LogP contribution in [0, 0.1) is 0 Å². The number of aliphatic hydroxyl groups excluding tert-OH is 2. The Balaban J connectivity index is 1.95. The predicted octanol–water partition coefficient (Wildman–Crippen LogP) is 0.112. The zero-order chi connectivity index (χ0) is 13.9. The molecule has 2 rings (SSSR count). The second-order valence-corrected chi connectivity index (χ2v) is 6.93. The molecule has 1 heterocycles. The molecule has 0 unspecified atom stereocenters. The monoisotopic (exact) mass is 286 g/mol. The summed E-state index contributed by atoms with van der Waals surface area (Å²) in [7, 11) is -3.29. The molecule has 3 atom stereocenters. The van der Waals surface area contributed by atoms with Crippen LogP contribution in [0.3, 0.4) is 0 Å². The number of ether oxygens (including phenoxy) is 1. The highest BCUT2D eigenvalue weighted by Gasteiger charge is 2.35. The highest BCUT2D eigenvalue weighted by Crippen LogP contribution is 2.22. The summed E-state index contributed by atoms with van der Waals surface area (Å²) in [6.45, 7) is -0.295. The molecule has 1 aromatic rings. The molecule has 0 saturated carbocycles. The van der Waals surface area contributed by atoms with Crippen molar-refractivity contribution in [2.75, 3.05) is 12.4 Å². The Morgan fingerprint density at radius 3 is 2.53 bits per heavy atom. The smallest absolute Gasteiger partial charge is 0.156 e. The molecule has 0 bridgehead atoms. The van der Waals surface area contributed by atoms with E-state index in [-0.39, 0.29) is 24.5 Å². The average molecular weight is 286 g/mol. The van der Waals surface area contributed by atoms with Gasteiger partial charge in [-0.2, -0.15) is 0 Å². The van der Waals surface area contributed by atoms with Crippen molar-refractivity contribution in [3.8, 4) is 0 Å². The molecule has 1 aliphatic heterocycles. The summed E-state index contributed by atoms with van der Waals surface area (Å²) in [6.07, 6.45) is -1.75. The van der Waals surface area contributed by atoms with Gasteiger partial charge in [-0.25, -0.2) is 8.42 Å². The van der Waals surface area contributed by atoms with Gasteiger partial charge in [-0.15, -0.1) is 0 Å². The summed E-state index contributed by atoms with van der Waals surface area (Å²) in [5.74, 6) is -0.164. The molecule has 1 aliphatic rings. The molecule has 5 nitrogen and oxygen atoms in total. The maximum atomic E-state index is 12.0. The highest BCUT2D eigenvalue weighted by atomic mass is 32.2. The van der Waals surface area contributed by atoms with Gasteiger partial charge in [0, 0.05) is 6.42 Å². The number of benzene rings is 1. The van der Waals surface area contributed by atoms with Crippen molar-refractivity contribution >= 4 is 9.84 Å². The fourth-order valence-electron chi connectivity index (χ4n) is 2.26. The summed E-state index contributed by atoms with van der Waals surface area (Å²) >= 11 is 0. The maximum Gasteiger partial charge on any atom is 0.156 e. The Hall–Kier alpha value is -0.950. The van der Waals surface area contributed by atoms with Crippen LogP contribution in [0.2, 0.25) is 0 Å². The van der Waals surface area contributed by atoms with Crippen LogP contribution < -0.4 is 0 Å². The van der Waals surface area contributed by atoms with Gasteiger partial charge in [0.2, 0.25) is 0 Å². The summed E-state index contributed by atoms with van der Waals surface area (Å²) in [6, 6.07) is 8.94. The average Bonchev–Trinajstić information content (AvgIpc) is 2.69. The Labute approximate surface area is 112 Å². The largest absolute Gasteiger partial charge is 0.394 e. The van der Waals surface area contributed by atoms with E-state index in [4.69, 9.17) is 9.84 Å². The van der Waals surface area contributed by atoms with E-state index in [9.17, 15) is 13.5 Å². The lowest BCUT2D eigenvalue weighted by atomic mass is 10.1. The third kappa shape index (κ3) is 4.01. The zero-order valence-electron chi connectivity index (χ0n) is 10.5. The van der Waals surface area contributed by atoms with Crippen LogP contribution in [0.25, 0.3) is 0 Å². The number of hydrogen-bond donors (Lipinski definition) is 2. The lowest BCUT2D eigenvalue weighted by Crippen LogP contribution is -2.25. The fraction of sp³-hybridized carbons (Fsp3) is 0.538. The first-order valence-electron chi connectivity index (χ1n) is 6.19. The van der Waals surface area contributed by atoms with Crippen LogP contribution in [0.4, 0.5) is 0 Å². The first-order chi connectivity index (χ1) is 9.00. The van der Waals surface area contributed by atoms with E-state index >= 15 is 0 Å². The van der Waals surface area contributed by atoms with Crippen LogP contribution in [0.15, 0.2) is 30.3 Å². The standard InChI is InChI=1S/C13H18O5S/c14-7-13-12(15)6-11(18-13)9-19(16,17)8-10-4-2-1-3-5-10/h1-5,11-15H,6-9H2/t11-,12+,13-/m1/s1. The third-order valence-electron chi connectivity index (χ3n) is 3.15. The zero-order valence-corrected chi connectivity index (χ0v) is 11.3. The van der Waals surface area contributed by atoms with Crippen LogP contribution >= 0.6 is 0 Å². The number of sulfone groups is 1. The topological polar surface area (TPSA) is 83.8 Å². The highest BCUT2D eigenvalue weighted by molar-refractivity contribution is 7.90. The molecule has 0 aromatic heterocycles. The molecule has 1 aromatic carbocycles. The first kappa shape index (κ1) is 14.5. The van der Waals surface area contributed by atoms with Gasteiger partial charge in [-0.1, -0.05) is 30.3 Å². The SMILES string of the molecule is O=S(=O)(Cc1ccccc1)C[C@H]1C[C@H](O)[C@@H](CO)O1. The summed E-state index contributed by atoms with van der Waals surface area (Å²) in [5.41, 5.74) is 0.736. The van der Waals surface area contributed by atoms with Crippen molar-refractivity contribution in [1.82, 2.24) is 0 Å². The molecule has 2 N–H and O–H groups in total. The molecule has 106 valence electrons. The van der Waals surface area contributed by atoms with Gasteiger partial charge in [-0.05, 0) is 5.56 Å². The Kier molecular flexibility index (Phi) is 4.57. The summed E-state index contributed by atoms with van der Waals surface area (Å²) in [4.78, 5) is 0. The summed E-state index contributed by atoms with van der Waals surface area (Å²) < 4.78 is 29.4. The molecule has 0 amide bonds. The molecule has 0 radical (unpaired) electrons.